The molecule has 1 atom stereocenters. The van der Waals surface area contributed by atoms with Crippen LogP contribution in [-0.2, 0) is 0 Å². The monoisotopic (exact) mass is 204 g/mol. The van der Waals surface area contributed by atoms with Gasteiger partial charge in [0, 0.05) is 18.2 Å². The Hall–Kier alpha value is -1.58. The number of nitrogens with two attached hydrogens (primary N) is 1. The number of hydrogen-bond donors (Lipinski definition) is 2. The summed E-state index contributed by atoms with van der Waals surface area (Å²) in [6.45, 7) is 6.95. The second-order valence-electron chi connectivity index (χ2n) is 4.06. The van der Waals surface area contributed by atoms with Crippen LogP contribution in [0.4, 0.5) is 5.82 Å². The predicted octanol–water partition coefficient (Wildman–Crippen LogP) is 1.35. The Morgan fingerprint density at radius 2 is 2.33 bits per heavy atom. The maximum atomic E-state index is 5.58. The van der Waals surface area contributed by atoms with Crippen LogP contribution >= 0.6 is 0 Å². The van der Waals surface area contributed by atoms with Crippen molar-refractivity contribution < 1.29 is 0 Å². The summed E-state index contributed by atoms with van der Waals surface area (Å²) in [6, 6.07) is 1.88. The average molecular weight is 204 g/mol. The molecule has 0 amide bonds. The van der Waals surface area contributed by atoms with Crippen LogP contribution in [0.5, 0.6) is 0 Å². The van der Waals surface area contributed by atoms with Crippen molar-refractivity contribution in [2.45, 2.75) is 25.7 Å². The van der Waals surface area contributed by atoms with Crippen LogP contribution in [0.15, 0.2) is 18.3 Å². The molecule has 4 nitrogen and oxygen atoms in total. The highest BCUT2D eigenvalue weighted by molar-refractivity contribution is 5.34. The fourth-order valence-corrected chi connectivity index (χ4v) is 2.05. The van der Waals surface area contributed by atoms with Crippen molar-refractivity contribution in [3.63, 3.8) is 0 Å². The van der Waals surface area contributed by atoms with Crippen molar-refractivity contribution >= 4 is 5.82 Å². The minimum absolute atomic E-state index is 0.437. The first-order valence-electron chi connectivity index (χ1n) is 5.18. The number of rotatable bonds is 1. The van der Waals surface area contributed by atoms with Gasteiger partial charge >= 0.3 is 0 Å². The van der Waals surface area contributed by atoms with Crippen molar-refractivity contribution in [1.82, 2.24) is 15.5 Å². The van der Waals surface area contributed by atoms with E-state index in [2.05, 4.69) is 22.1 Å². The Balaban J connectivity index is 2.24. The normalized spacial score (nSPS) is 21.1. The highest BCUT2D eigenvalue weighted by atomic mass is 15.1. The highest BCUT2D eigenvalue weighted by Gasteiger charge is 2.20. The lowest BCUT2D eigenvalue weighted by Gasteiger charge is -2.25. The summed E-state index contributed by atoms with van der Waals surface area (Å²) in [6.07, 6.45) is 2.03. The van der Waals surface area contributed by atoms with E-state index in [4.69, 9.17) is 5.73 Å². The Labute approximate surface area is 89.6 Å². The predicted molar refractivity (Wildman–Crippen MR) is 60.3 cm³/mol. The molecule has 3 N–H and O–H groups in total. The first kappa shape index (κ1) is 9.96. The van der Waals surface area contributed by atoms with Crippen LogP contribution in [0.2, 0.25) is 0 Å². The lowest BCUT2D eigenvalue weighted by molar-refractivity contribution is 0.503. The summed E-state index contributed by atoms with van der Waals surface area (Å²) in [5.74, 6) is 0.927. The second-order valence-corrected chi connectivity index (χ2v) is 4.06. The number of nitrogens with zero attached hydrogens (tertiary/aromatic N) is 2. The standard InChI is InChI=1S/C11H16N4/c1-7-5-10(12)14-15-11(7)9-3-4-13-8(2)6-9/h5,9,13H,2-4,6H2,1H3,(H2,12,14)/t9-/m0/s1. The van der Waals surface area contributed by atoms with E-state index in [0.717, 1.165) is 36.3 Å². The molecule has 0 aliphatic carbocycles. The zero-order chi connectivity index (χ0) is 10.8. The summed E-state index contributed by atoms with van der Waals surface area (Å²) in [5.41, 5.74) is 8.86. The van der Waals surface area contributed by atoms with Crippen molar-refractivity contribution in [3.05, 3.63) is 29.6 Å². The number of nitrogens with one attached hydrogen (secondary N) is 1. The van der Waals surface area contributed by atoms with Crippen LogP contribution in [-0.4, -0.2) is 16.7 Å². The molecule has 0 bridgehead atoms. The second kappa shape index (κ2) is 3.88. The highest BCUT2D eigenvalue weighted by Crippen LogP contribution is 2.29. The number of anilines is 1. The first-order chi connectivity index (χ1) is 7.16. The van der Waals surface area contributed by atoms with Crippen molar-refractivity contribution in [1.29, 1.82) is 0 Å². The van der Waals surface area contributed by atoms with E-state index in [-0.39, 0.29) is 0 Å². The summed E-state index contributed by atoms with van der Waals surface area (Å²) >= 11 is 0. The molecule has 1 aliphatic heterocycles. The SMILES string of the molecule is C=C1C[C@@H](c2nnc(N)cc2C)CCN1. The van der Waals surface area contributed by atoms with E-state index in [1.165, 1.54) is 0 Å². The van der Waals surface area contributed by atoms with Gasteiger partial charge in [-0.1, -0.05) is 6.58 Å². The number of aromatic nitrogens is 2. The van der Waals surface area contributed by atoms with E-state index >= 15 is 0 Å². The Morgan fingerprint density at radius 3 is 3.00 bits per heavy atom. The fraction of sp³-hybridized carbons (Fsp3) is 0.455. The maximum absolute atomic E-state index is 5.58. The summed E-state index contributed by atoms with van der Waals surface area (Å²) in [5, 5.41) is 11.4. The molecule has 2 heterocycles. The van der Waals surface area contributed by atoms with Crippen molar-refractivity contribution in [2.75, 3.05) is 12.3 Å². The van der Waals surface area contributed by atoms with E-state index < -0.39 is 0 Å². The van der Waals surface area contributed by atoms with Gasteiger partial charge in [0.15, 0.2) is 0 Å². The number of piperidine rings is 1. The third kappa shape index (κ3) is 2.09. The third-order valence-corrected chi connectivity index (χ3v) is 2.79. The van der Waals surface area contributed by atoms with E-state index in [9.17, 15) is 0 Å². The molecule has 80 valence electrons. The lowest BCUT2D eigenvalue weighted by Crippen LogP contribution is -2.25. The Bertz CT molecular complexity index is 386. The Morgan fingerprint density at radius 1 is 1.53 bits per heavy atom. The van der Waals surface area contributed by atoms with Gasteiger partial charge in [-0.3, -0.25) is 0 Å². The molecule has 15 heavy (non-hydrogen) atoms. The molecule has 0 aromatic carbocycles. The number of hydrogen-bond acceptors (Lipinski definition) is 4. The molecule has 1 aliphatic rings. The van der Waals surface area contributed by atoms with Crippen molar-refractivity contribution in [2.24, 2.45) is 0 Å². The summed E-state index contributed by atoms with van der Waals surface area (Å²) < 4.78 is 0. The fourth-order valence-electron chi connectivity index (χ4n) is 2.05. The topological polar surface area (TPSA) is 63.8 Å². The van der Waals surface area contributed by atoms with Gasteiger partial charge in [-0.25, -0.2) is 0 Å². The third-order valence-electron chi connectivity index (χ3n) is 2.79. The van der Waals surface area contributed by atoms with Gasteiger partial charge in [0.25, 0.3) is 0 Å². The molecule has 0 spiro atoms. The zero-order valence-electron chi connectivity index (χ0n) is 8.95. The number of nitrogen functional groups attached to an aromatic ring is 1. The molecule has 0 unspecified atom stereocenters. The molecule has 1 aromatic heterocycles. The number of allylic oxidation sites excluding steroid dienone is 1. The zero-order valence-corrected chi connectivity index (χ0v) is 8.95. The minimum atomic E-state index is 0.437. The molecule has 2 rings (SSSR count). The molecular formula is C11H16N4. The van der Waals surface area contributed by atoms with E-state index in [1.807, 2.05) is 13.0 Å². The Kier molecular flexibility index (Phi) is 2.58. The van der Waals surface area contributed by atoms with Crippen LogP contribution in [0.25, 0.3) is 0 Å². The van der Waals surface area contributed by atoms with Gasteiger partial charge in [-0.2, -0.15) is 5.10 Å². The van der Waals surface area contributed by atoms with Crippen LogP contribution in [0.1, 0.15) is 30.0 Å². The van der Waals surface area contributed by atoms with Gasteiger partial charge in [-0.05, 0) is 31.4 Å². The molecule has 0 saturated carbocycles. The summed E-state index contributed by atoms with van der Waals surface area (Å²) in [4.78, 5) is 0. The molecule has 1 fully saturated rings. The average Bonchev–Trinajstić information content (AvgIpc) is 2.17. The van der Waals surface area contributed by atoms with E-state index in [1.54, 1.807) is 0 Å². The van der Waals surface area contributed by atoms with Gasteiger partial charge in [-0.15, -0.1) is 5.10 Å². The maximum Gasteiger partial charge on any atom is 0.146 e. The largest absolute Gasteiger partial charge is 0.389 e. The quantitative estimate of drug-likeness (QED) is 0.724. The molecule has 1 saturated heterocycles. The van der Waals surface area contributed by atoms with Gasteiger partial charge in [0.05, 0.1) is 5.69 Å². The molecule has 0 radical (unpaired) electrons. The molecular weight excluding hydrogens is 188 g/mol. The van der Waals surface area contributed by atoms with Crippen LogP contribution in [0, 0.1) is 6.92 Å². The van der Waals surface area contributed by atoms with Crippen LogP contribution in [0.3, 0.4) is 0 Å². The summed E-state index contributed by atoms with van der Waals surface area (Å²) in [7, 11) is 0. The smallest absolute Gasteiger partial charge is 0.146 e. The number of aryl methyl sites for hydroxylation is 1. The molecule has 4 heteroatoms. The van der Waals surface area contributed by atoms with Gasteiger partial charge in [0.1, 0.15) is 5.82 Å². The lowest BCUT2D eigenvalue weighted by atomic mass is 9.90. The van der Waals surface area contributed by atoms with Gasteiger partial charge < -0.3 is 11.1 Å². The van der Waals surface area contributed by atoms with Gasteiger partial charge in [0.2, 0.25) is 0 Å². The minimum Gasteiger partial charge on any atom is -0.389 e. The van der Waals surface area contributed by atoms with Crippen molar-refractivity contribution in [3.8, 4) is 0 Å². The van der Waals surface area contributed by atoms with E-state index in [0.29, 0.717) is 11.7 Å². The molecule has 1 aromatic rings. The van der Waals surface area contributed by atoms with Crippen LogP contribution < -0.4 is 11.1 Å². The first-order valence-corrected chi connectivity index (χ1v) is 5.18.